The number of carbonyl (C=O) groups is 1. The number of hydrogen-bond donors (Lipinski definition) is 0. The molecular weight excluding hydrogens is 334 g/mol. The molecule has 0 aliphatic carbocycles. The van der Waals surface area contributed by atoms with Crippen LogP contribution in [0.3, 0.4) is 0 Å². The van der Waals surface area contributed by atoms with Crippen molar-refractivity contribution < 1.29 is 4.79 Å². The van der Waals surface area contributed by atoms with Crippen LogP contribution in [0.15, 0.2) is 58.7 Å². The van der Waals surface area contributed by atoms with Crippen molar-refractivity contribution >= 4 is 22.9 Å². The SMILES string of the molecule is C#Cc1cccc(N(Cc2cccs2)C(=O)c2ccc(=O)n(C)n2)c1. The first-order valence-electron chi connectivity index (χ1n) is 7.54. The minimum atomic E-state index is -0.293. The van der Waals surface area contributed by atoms with Gasteiger partial charge < -0.3 is 4.90 Å². The predicted molar refractivity (Wildman–Crippen MR) is 98.7 cm³/mol. The zero-order valence-electron chi connectivity index (χ0n) is 13.5. The van der Waals surface area contributed by atoms with Crippen LogP contribution < -0.4 is 10.5 Å². The lowest BCUT2D eigenvalue weighted by atomic mass is 10.2. The lowest BCUT2D eigenvalue weighted by Gasteiger charge is -2.22. The van der Waals surface area contributed by atoms with Gasteiger partial charge in [-0.25, -0.2) is 4.68 Å². The summed E-state index contributed by atoms with van der Waals surface area (Å²) in [5, 5.41) is 6.03. The first-order chi connectivity index (χ1) is 12.1. The first-order valence-corrected chi connectivity index (χ1v) is 8.42. The van der Waals surface area contributed by atoms with Gasteiger partial charge in [0.25, 0.3) is 11.5 Å². The molecule has 1 amide bonds. The van der Waals surface area contributed by atoms with Crippen molar-refractivity contribution in [2.75, 3.05) is 4.90 Å². The van der Waals surface area contributed by atoms with Crippen molar-refractivity contribution in [3.8, 4) is 12.3 Å². The van der Waals surface area contributed by atoms with Gasteiger partial charge in [-0.15, -0.1) is 17.8 Å². The highest BCUT2D eigenvalue weighted by molar-refractivity contribution is 7.09. The third-order valence-corrected chi connectivity index (χ3v) is 4.50. The Balaban J connectivity index is 2.03. The molecule has 2 aromatic heterocycles. The standard InChI is InChI=1S/C19H15N3O2S/c1-3-14-6-4-7-15(12-14)22(13-16-8-5-11-25-16)19(24)17-9-10-18(23)21(2)20-17/h1,4-12H,13H2,2H3. The average molecular weight is 349 g/mol. The smallest absolute Gasteiger partial charge is 0.279 e. The molecule has 0 saturated carbocycles. The van der Waals surface area contributed by atoms with Crippen molar-refractivity contribution in [1.29, 1.82) is 0 Å². The minimum Gasteiger partial charge on any atom is -0.302 e. The zero-order chi connectivity index (χ0) is 17.8. The molecule has 0 N–H and O–H groups in total. The molecular formula is C19H15N3O2S. The number of aromatic nitrogens is 2. The Hall–Kier alpha value is -3.17. The van der Waals surface area contributed by atoms with Gasteiger partial charge in [0.1, 0.15) is 5.69 Å². The van der Waals surface area contributed by atoms with Crippen molar-refractivity contribution in [3.63, 3.8) is 0 Å². The van der Waals surface area contributed by atoms with Crippen molar-refractivity contribution in [2.24, 2.45) is 7.05 Å². The molecule has 0 radical (unpaired) electrons. The second-order valence-corrected chi connectivity index (χ2v) is 6.38. The number of benzene rings is 1. The predicted octanol–water partition coefficient (Wildman–Crippen LogP) is 2.67. The average Bonchev–Trinajstić information content (AvgIpc) is 3.14. The number of hydrogen-bond acceptors (Lipinski definition) is 4. The Labute approximate surface area is 149 Å². The lowest BCUT2D eigenvalue weighted by molar-refractivity contribution is 0.0978. The number of rotatable bonds is 4. The largest absolute Gasteiger partial charge is 0.302 e. The molecule has 0 fully saturated rings. The minimum absolute atomic E-state index is 0.199. The summed E-state index contributed by atoms with van der Waals surface area (Å²) in [6, 6.07) is 13.9. The van der Waals surface area contributed by atoms with Gasteiger partial charge in [-0.05, 0) is 35.7 Å². The van der Waals surface area contributed by atoms with E-state index in [9.17, 15) is 9.59 Å². The van der Waals surface area contributed by atoms with Crippen LogP contribution in [0, 0.1) is 12.3 Å². The third kappa shape index (κ3) is 3.67. The molecule has 124 valence electrons. The van der Waals surface area contributed by atoms with Gasteiger partial charge in [-0.2, -0.15) is 5.10 Å². The maximum Gasteiger partial charge on any atom is 0.279 e. The van der Waals surface area contributed by atoms with Crippen molar-refractivity contribution in [2.45, 2.75) is 6.54 Å². The third-order valence-electron chi connectivity index (χ3n) is 3.64. The number of thiophene rings is 1. The highest BCUT2D eigenvalue weighted by Crippen LogP contribution is 2.22. The fraction of sp³-hybridized carbons (Fsp3) is 0.105. The van der Waals surface area contributed by atoms with Gasteiger partial charge in [0.2, 0.25) is 0 Å². The van der Waals surface area contributed by atoms with E-state index < -0.39 is 0 Å². The summed E-state index contributed by atoms with van der Waals surface area (Å²) in [6.45, 7) is 0.398. The molecule has 0 aliphatic heterocycles. The van der Waals surface area contributed by atoms with E-state index in [0.29, 0.717) is 17.8 Å². The van der Waals surface area contributed by atoms with E-state index in [4.69, 9.17) is 6.42 Å². The number of carbonyl (C=O) groups excluding carboxylic acids is 1. The Morgan fingerprint density at radius 1 is 1.28 bits per heavy atom. The summed E-state index contributed by atoms with van der Waals surface area (Å²) in [5.41, 5.74) is 1.31. The van der Waals surface area contributed by atoms with Gasteiger partial charge in [-0.3, -0.25) is 9.59 Å². The molecule has 0 saturated heterocycles. The molecule has 0 aliphatic rings. The second kappa shape index (κ2) is 7.16. The Bertz CT molecular complexity index is 1000. The molecule has 0 bridgehead atoms. The maximum atomic E-state index is 13.0. The highest BCUT2D eigenvalue weighted by atomic mass is 32.1. The van der Waals surface area contributed by atoms with Crippen LogP contribution in [0.5, 0.6) is 0 Å². The van der Waals surface area contributed by atoms with Gasteiger partial charge in [0.05, 0.1) is 6.54 Å². The molecule has 0 atom stereocenters. The van der Waals surface area contributed by atoms with Crippen LogP contribution in [-0.4, -0.2) is 15.7 Å². The first kappa shape index (κ1) is 16.7. The molecule has 5 nitrogen and oxygen atoms in total. The van der Waals surface area contributed by atoms with E-state index in [1.807, 2.05) is 35.7 Å². The van der Waals surface area contributed by atoms with E-state index >= 15 is 0 Å². The van der Waals surface area contributed by atoms with E-state index in [-0.39, 0.29) is 17.2 Å². The van der Waals surface area contributed by atoms with Crippen LogP contribution in [0.25, 0.3) is 0 Å². The normalized spacial score (nSPS) is 10.2. The van der Waals surface area contributed by atoms with E-state index in [1.54, 1.807) is 22.3 Å². The molecule has 3 rings (SSSR count). The lowest BCUT2D eigenvalue weighted by Crippen LogP contribution is -2.33. The summed E-state index contributed by atoms with van der Waals surface area (Å²) in [6.07, 6.45) is 5.48. The highest BCUT2D eigenvalue weighted by Gasteiger charge is 2.20. The Morgan fingerprint density at radius 3 is 2.80 bits per heavy atom. The van der Waals surface area contributed by atoms with E-state index in [0.717, 1.165) is 9.56 Å². The number of aryl methyl sites for hydroxylation is 1. The molecule has 1 aromatic carbocycles. The summed E-state index contributed by atoms with van der Waals surface area (Å²) in [4.78, 5) is 27.2. The van der Waals surface area contributed by atoms with E-state index in [2.05, 4.69) is 11.0 Å². The summed E-state index contributed by atoms with van der Waals surface area (Å²) < 4.78 is 1.15. The summed E-state index contributed by atoms with van der Waals surface area (Å²) in [7, 11) is 1.52. The summed E-state index contributed by atoms with van der Waals surface area (Å²) in [5.74, 6) is 2.29. The summed E-state index contributed by atoms with van der Waals surface area (Å²) >= 11 is 1.56. The van der Waals surface area contributed by atoms with Crippen LogP contribution >= 0.6 is 11.3 Å². The van der Waals surface area contributed by atoms with Crippen LogP contribution in [-0.2, 0) is 13.6 Å². The van der Waals surface area contributed by atoms with Gasteiger partial charge >= 0.3 is 0 Å². The molecule has 0 spiro atoms. The molecule has 2 heterocycles. The fourth-order valence-corrected chi connectivity index (χ4v) is 3.05. The van der Waals surface area contributed by atoms with E-state index in [1.165, 1.54) is 19.2 Å². The molecule has 3 aromatic rings. The van der Waals surface area contributed by atoms with Crippen molar-refractivity contribution in [3.05, 3.63) is 80.4 Å². The topological polar surface area (TPSA) is 55.2 Å². The fourth-order valence-electron chi connectivity index (χ4n) is 2.36. The number of terminal acetylenes is 1. The van der Waals surface area contributed by atoms with Gasteiger partial charge in [0.15, 0.2) is 0 Å². The van der Waals surface area contributed by atoms with Crippen LogP contribution in [0.1, 0.15) is 20.9 Å². The molecule has 25 heavy (non-hydrogen) atoms. The van der Waals surface area contributed by atoms with Crippen molar-refractivity contribution in [1.82, 2.24) is 9.78 Å². The second-order valence-electron chi connectivity index (χ2n) is 5.35. The quantitative estimate of drug-likeness (QED) is 0.681. The Morgan fingerprint density at radius 2 is 2.12 bits per heavy atom. The molecule has 6 heteroatoms. The van der Waals surface area contributed by atoms with Gasteiger partial charge in [0, 0.05) is 29.2 Å². The monoisotopic (exact) mass is 349 g/mol. The Kier molecular flexibility index (Phi) is 4.78. The van der Waals surface area contributed by atoms with Crippen LogP contribution in [0.2, 0.25) is 0 Å². The maximum absolute atomic E-state index is 13.0. The number of amides is 1. The molecule has 0 unspecified atom stereocenters. The van der Waals surface area contributed by atoms with Crippen LogP contribution in [0.4, 0.5) is 5.69 Å². The number of nitrogens with zero attached hydrogens (tertiary/aromatic N) is 3. The number of anilines is 1. The van der Waals surface area contributed by atoms with Gasteiger partial charge in [-0.1, -0.05) is 18.1 Å². The zero-order valence-corrected chi connectivity index (χ0v) is 14.4.